The van der Waals surface area contributed by atoms with Crippen LogP contribution in [0.25, 0.3) is 0 Å². The van der Waals surface area contributed by atoms with Gasteiger partial charge in [-0.25, -0.2) is 0 Å². The maximum Gasteiger partial charge on any atom is 0.245 e. The lowest BCUT2D eigenvalue weighted by molar-refractivity contribution is -0.137. The highest BCUT2D eigenvalue weighted by Crippen LogP contribution is 2.27. The summed E-state index contributed by atoms with van der Waals surface area (Å²) in [6, 6.07) is 9.40. The van der Waals surface area contributed by atoms with Gasteiger partial charge in [0.05, 0.1) is 12.0 Å². The molecule has 0 aromatic heterocycles. The molecule has 2 fully saturated rings. The summed E-state index contributed by atoms with van der Waals surface area (Å²) < 4.78 is 5.75. The fourth-order valence-electron chi connectivity index (χ4n) is 4.04. The van der Waals surface area contributed by atoms with Crippen molar-refractivity contribution >= 4 is 11.8 Å². The molecule has 3 atom stereocenters. The number of likely N-dealkylation sites (tertiary alicyclic amines) is 1. The normalized spacial score (nSPS) is 24.0. The average Bonchev–Trinajstić information content (AvgIpc) is 3.33. The summed E-state index contributed by atoms with van der Waals surface area (Å²) >= 11 is 0. The molecule has 2 saturated heterocycles. The Morgan fingerprint density at radius 3 is 2.54 bits per heavy atom. The van der Waals surface area contributed by atoms with Gasteiger partial charge in [-0.15, -0.1) is 0 Å². The third-order valence-electron chi connectivity index (χ3n) is 5.44. The van der Waals surface area contributed by atoms with Gasteiger partial charge in [0.2, 0.25) is 11.8 Å². The number of carbonyl (C=O) groups excluding carboxylic acids is 2. The van der Waals surface area contributed by atoms with Crippen molar-refractivity contribution in [3.05, 3.63) is 35.9 Å². The number of ether oxygens (including phenoxy) is 1. The van der Waals surface area contributed by atoms with Crippen LogP contribution in [0.5, 0.6) is 0 Å². The molecule has 0 bridgehead atoms. The van der Waals surface area contributed by atoms with Gasteiger partial charge in [-0.05, 0) is 30.7 Å². The molecular weight excluding hydrogens is 328 g/mol. The Kier molecular flexibility index (Phi) is 6.30. The van der Waals surface area contributed by atoms with Gasteiger partial charge in [-0.1, -0.05) is 44.2 Å². The molecule has 2 amide bonds. The highest BCUT2D eigenvalue weighted by atomic mass is 16.5. The van der Waals surface area contributed by atoms with Crippen molar-refractivity contribution < 1.29 is 14.3 Å². The van der Waals surface area contributed by atoms with E-state index in [0.29, 0.717) is 13.0 Å². The minimum atomic E-state index is -0.503. The summed E-state index contributed by atoms with van der Waals surface area (Å²) in [6.07, 6.45) is 3.29. The zero-order chi connectivity index (χ0) is 18.5. The van der Waals surface area contributed by atoms with E-state index < -0.39 is 6.04 Å². The minimum Gasteiger partial charge on any atom is -0.377 e. The van der Waals surface area contributed by atoms with Crippen LogP contribution in [0.15, 0.2) is 30.3 Å². The van der Waals surface area contributed by atoms with Crippen molar-refractivity contribution in [2.24, 2.45) is 11.8 Å². The maximum atomic E-state index is 13.0. The predicted octanol–water partition coefficient (Wildman–Crippen LogP) is 2.40. The molecule has 5 heteroatoms. The Balaban J connectivity index is 1.72. The number of hydrogen-bond donors (Lipinski definition) is 1. The van der Waals surface area contributed by atoms with Gasteiger partial charge in [0, 0.05) is 26.1 Å². The van der Waals surface area contributed by atoms with Crippen LogP contribution in [-0.2, 0) is 20.7 Å². The number of hydrogen-bond acceptors (Lipinski definition) is 3. The van der Waals surface area contributed by atoms with Crippen molar-refractivity contribution in [3.8, 4) is 0 Å². The summed E-state index contributed by atoms with van der Waals surface area (Å²) in [7, 11) is 0. The van der Waals surface area contributed by atoms with E-state index in [-0.39, 0.29) is 29.8 Å². The summed E-state index contributed by atoms with van der Waals surface area (Å²) in [5, 5.41) is 3.06. The van der Waals surface area contributed by atoms with Crippen LogP contribution in [0.4, 0.5) is 0 Å². The molecule has 0 spiro atoms. The fourth-order valence-corrected chi connectivity index (χ4v) is 4.04. The molecule has 2 heterocycles. The van der Waals surface area contributed by atoms with Crippen LogP contribution < -0.4 is 5.32 Å². The standard InChI is InChI=1S/C21H30N2O3/c1-15(2)19-17(10-13-26-19)20(24)22-18(14-16-8-4-3-5-9-16)21(25)23-11-6-7-12-23/h3-5,8-9,15,17-19H,6-7,10-14H2,1-2H3,(H,22,24). The Bertz CT molecular complexity index is 611. The molecule has 3 unspecified atom stereocenters. The monoisotopic (exact) mass is 358 g/mol. The van der Waals surface area contributed by atoms with Crippen molar-refractivity contribution in [3.63, 3.8) is 0 Å². The molecule has 1 aromatic rings. The summed E-state index contributed by atoms with van der Waals surface area (Å²) in [5.41, 5.74) is 1.06. The van der Waals surface area contributed by atoms with E-state index in [9.17, 15) is 9.59 Å². The van der Waals surface area contributed by atoms with Crippen molar-refractivity contribution in [1.82, 2.24) is 10.2 Å². The molecule has 1 N–H and O–H groups in total. The van der Waals surface area contributed by atoms with Gasteiger partial charge in [0.1, 0.15) is 6.04 Å². The average molecular weight is 358 g/mol. The zero-order valence-corrected chi connectivity index (χ0v) is 15.8. The topological polar surface area (TPSA) is 58.6 Å². The molecule has 5 nitrogen and oxygen atoms in total. The first kappa shape index (κ1) is 18.9. The quantitative estimate of drug-likeness (QED) is 0.849. The number of carbonyl (C=O) groups is 2. The van der Waals surface area contributed by atoms with Gasteiger partial charge in [-0.3, -0.25) is 9.59 Å². The van der Waals surface area contributed by atoms with Crippen LogP contribution in [0, 0.1) is 11.8 Å². The van der Waals surface area contributed by atoms with Crippen LogP contribution in [-0.4, -0.2) is 48.6 Å². The molecule has 2 aliphatic heterocycles. The second-order valence-corrected chi connectivity index (χ2v) is 7.76. The van der Waals surface area contributed by atoms with Crippen LogP contribution >= 0.6 is 0 Å². The number of nitrogens with zero attached hydrogens (tertiary/aromatic N) is 1. The first-order chi connectivity index (χ1) is 12.6. The Hall–Kier alpha value is -1.88. The third kappa shape index (κ3) is 4.44. The first-order valence-electron chi connectivity index (χ1n) is 9.81. The Morgan fingerprint density at radius 1 is 1.19 bits per heavy atom. The third-order valence-corrected chi connectivity index (χ3v) is 5.44. The number of nitrogens with one attached hydrogen (secondary N) is 1. The smallest absolute Gasteiger partial charge is 0.245 e. The van der Waals surface area contributed by atoms with Gasteiger partial charge >= 0.3 is 0 Å². The number of amides is 2. The predicted molar refractivity (Wildman–Crippen MR) is 101 cm³/mol. The SMILES string of the molecule is CC(C)C1OCCC1C(=O)NC(Cc1ccccc1)C(=O)N1CCCC1. The van der Waals surface area contributed by atoms with E-state index in [1.165, 1.54) is 0 Å². The molecule has 1 aromatic carbocycles. The summed E-state index contributed by atoms with van der Waals surface area (Å²) in [6.45, 7) is 6.35. The second-order valence-electron chi connectivity index (χ2n) is 7.76. The first-order valence-corrected chi connectivity index (χ1v) is 9.81. The van der Waals surface area contributed by atoms with E-state index in [2.05, 4.69) is 19.2 Å². The van der Waals surface area contributed by atoms with Gasteiger partial charge in [0.25, 0.3) is 0 Å². The lowest BCUT2D eigenvalue weighted by Gasteiger charge is -2.27. The van der Waals surface area contributed by atoms with Crippen molar-refractivity contribution in [2.45, 2.75) is 51.7 Å². The fraction of sp³-hybridized carbons (Fsp3) is 0.619. The Morgan fingerprint density at radius 2 is 1.88 bits per heavy atom. The molecule has 3 rings (SSSR count). The lowest BCUT2D eigenvalue weighted by Crippen LogP contribution is -2.51. The van der Waals surface area contributed by atoms with E-state index in [1.54, 1.807) is 0 Å². The van der Waals surface area contributed by atoms with Crippen molar-refractivity contribution in [1.29, 1.82) is 0 Å². The summed E-state index contributed by atoms with van der Waals surface area (Å²) in [5.74, 6) is 0.115. The van der Waals surface area contributed by atoms with E-state index in [0.717, 1.165) is 37.9 Å². The highest BCUT2D eigenvalue weighted by molar-refractivity contribution is 5.89. The van der Waals surface area contributed by atoms with E-state index in [1.807, 2.05) is 35.2 Å². The molecular formula is C21H30N2O3. The van der Waals surface area contributed by atoms with E-state index >= 15 is 0 Å². The Labute approximate surface area is 156 Å². The summed E-state index contributed by atoms with van der Waals surface area (Å²) in [4.78, 5) is 27.8. The van der Waals surface area contributed by atoms with Gasteiger partial charge in [-0.2, -0.15) is 0 Å². The molecule has 0 aliphatic carbocycles. The molecule has 0 radical (unpaired) electrons. The zero-order valence-electron chi connectivity index (χ0n) is 15.8. The second kappa shape index (κ2) is 8.67. The minimum absolute atomic E-state index is 0.0414. The lowest BCUT2D eigenvalue weighted by atomic mass is 9.91. The largest absolute Gasteiger partial charge is 0.377 e. The number of rotatable bonds is 6. The molecule has 142 valence electrons. The molecule has 26 heavy (non-hydrogen) atoms. The molecule has 0 saturated carbocycles. The number of benzene rings is 1. The van der Waals surface area contributed by atoms with E-state index in [4.69, 9.17) is 4.74 Å². The van der Waals surface area contributed by atoms with Crippen LogP contribution in [0.3, 0.4) is 0 Å². The van der Waals surface area contributed by atoms with Crippen LogP contribution in [0.1, 0.15) is 38.7 Å². The van der Waals surface area contributed by atoms with Gasteiger partial charge in [0.15, 0.2) is 0 Å². The van der Waals surface area contributed by atoms with Gasteiger partial charge < -0.3 is 15.0 Å². The van der Waals surface area contributed by atoms with Crippen molar-refractivity contribution in [2.75, 3.05) is 19.7 Å². The highest BCUT2D eigenvalue weighted by Gasteiger charge is 2.38. The maximum absolute atomic E-state index is 13.0. The molecule has 2 aliphatic rings. The van der Waals surface area contributed by atoms with Crippen LogP contribution in [0.2, 0.25) is 0 Å².